The number of para-hydroxylation sites is 3. The molecule has 0 saturated carbocycles. The minimum Gasteiger partial charge on any atom is -0.485 e. The normalized spacial score (nSPS) is 18.7. The Balaban J connectivity index is 1.21. The van der Waals surface area contributed by atoms with E-state index in [0.717, 1.165) is 10.9 Å². The molecule has 0 radical (unpaired) electrons. The van der Waals surface area contributed by atoms with E-state index in [1.165, 1.54) is 0 Å². The number of ether oxygens (including phenoxy) is 2. The predicted octanol–water partition coefficient (Wildman–Crippen LogP) is 2.29. The monoisotopic (exact) mass is 391 g/mol. The summed E-state index contributed by atoms with van der Waals surface area (Å²) in [6.45, 7) is 2.14. The predicted molar refractivity (Wildman–Crippen MR) is 107 cm³/mol. The highest BCUT2D eigenvalue weighted by Gasteiger charge is 2.33. The molecule has 1 atom stereocenters. The van der Waals surface area contributed by atoms with Crippen LogP contribution in [0, 0.1) is 0 Å². The smallest absolute Gasteiger partial charge is 0.270 e. The first-order valence-electron chi connectivity index (χ1n) is 9.73. The van der Waals surface area contributed by atoms with Gasteiger partial charge in [0.05, 0.1) is 0 Å². The fourth-order valence-electron chi connectivity index (χ4n) is 3.83. The molecule has 2 aromatic carbocycles. The van der Waals surface area contributed by atoms with Crippen molar-refractivity contribution in [1.29, 1.82) is 0 Å². The number of carbonyl (C=O) groups is 2. The van der Waals surface area contributed by atoms with Gasteiger partial charge in [0.25, 0.3) is 11.8 Å². The van der Waals surface area contributed by atoms with Gasteiger partial charge in [-0.3, -0.25) is 9.59 Å². The third-order valence-corrected chi connectivity index (χ3v) is 5.42. The van der Waals surface area contributed by atoms with Gasteiger partial charge in [-0.25, -0.2) is 0 Å². The average molecular weight is 391 g/mol. The molecule has 3 heterocycles. The zero-order valence-electron chi connectivity index (χ0n) is 15.8. The lowest BCUT2D eigenvalue weighted by Gasteiger charge is -2.37. The molecule has 148 valence electrons. The second kappa shape index (κ2) is 7.16. The van der Waals surface area contributed by atoms with Gasteiger partial charge in [0.1, 0.15) is 12.3 Å². The number of nitrogens with zero attached hydrogens (tertiary/aromatic N) is 2. The van der Waals surface area contributed by atoms with Crippen molar-refractivity contribution in [2.75, 3.05) is 32.8 Å². The van der Waals surface area contributed by atoms with Gasteiger partial charge < -0.3 is 24.3 Å². The second-order valence-corrected chi connectivity index (χ2v) is 7.25. The number of hydrogen-bond acceptors (Lipinski definition) is 4. The number of hydrogen-bond donors (Lipinski definition) is 1. The maximum Gasteiger partial charge on any atom is 0.270 e. The fraction of sp³-hybridized carbons (Fsp3) is 0.273. The van der Waals surface area contributed by atoms with Crippen molar-refractivity contribution < 1.29 is 19.1 Å². The zero-order chi connectivity index (χ0) is 19.8. The molecule has 0 aliphatic carbocycles. The number of carbonyl (C=O) groups excluding carboxylic acids is 2. The van der Waals surface area contributed by atoms with Crippen LogP contribution in [0.4, 0.5) is 0 Å². The van der Waals surface area contributed by atoms with E-state index in [-0.39, 0.29) is 18.4 Å². The molecule has 1 N–H and O–H groups in total. The topological polar surface area (TPSA) is 74.9 Å². The van der Waals surface area contributed by atoms with Crippen LogP contribution in [-0.2, 0) is 4.79 Å². The van der Waals surface area contributed by atoms with Crippen LogP contribution in [0.25, 0.3) is 10.9 Å². The lowest BCUT2D eigenvalue weighted by Crippen LogP contribution is -2.55. The molecular formula is C22H21N3O4. The van der Waals surface area contributed by atoms with E-state index in [1.54, 1.807) is 15.9 Å². The first-order valence-corrected chi connectivity index (χ1v) is 9.73. The molecule has 0 bridgehead atoms. The maximum absolute atomic E-state index is 12.8. The molecule has 5 rings (SSSR count). The number of nitrogens with one attached hydrogen (secondary N) is 1. The van der Waals surface area contributed by atoms with E-state index in [2.05, 4.69) is 4.98 Å². The summed E-state index contributed by atoms with van der Waals surface area (Å²) < 4.78 is 11.5. The number of fused-ring (bicyclic) bond motifs is 2. The fourth-order valence-corrected chi connectivity index (χ4v) is 3.83. The Kier molecular flexibility index (Phi) is 4.35. The number of H-pyrrole nitrogens is 1. The van der Waals surface area contributed by atoms with Gasteiger partial charge in [-0.1, -0.05) is 30.3 Å². The van der Waals surface area contributed by atoms with Crippen LogP contribution in [0.2, 0.25) is 0 Å². The van der Waals surface area contributed by atoms with Crippen molar-refractivity contribution in [2.45, 2.75) is 6.10 Å². The van der Waals surface area contributed by atoms with Crippen molar-refractivity contribution in [1.82, 2.24) is 14.8 Å². The number of piperazine rings is 1. The molecule has 2 aliphatic heterocycles. The van der Waals surface area contributed by atoms with Gasteiger partial charge in [0.2, 0.25) is 6.10 Å². The molecule has 0 spiro atoms. The molecule has 1 aromatic heterocycles. The minimum absolute atomic E-state index is 0.0422. The van der Waals surface area contributed by atoms with Crippen LogP contribution in [0.15, 0.2) is 54.6 Å². The third kappa shape index (κ3) is 3.29. The number of aromatic nitrogens is 1. The van der Waals surface area contributed by atoms with E-state index < -0.39 is 6.10 Å². The molecule has 2 aliphatic rings. The highest BCUT2D eigenvalue weighted by molar-refractivity contribution is 5.98. The van der Waals surface area contributed by atoms with Crippen molar-refractivity contribution >= 4 is 22.7 Å². The molecule has 29 heavy (non-hydrogen) atoms. The summed E-state index contributed by atoms with van der Waals surface area (Å²) in [5.74, 6) is 1.10. The number of benzene rings is 2. The van der Waals surface area contributed by atoms with Gasteiger partial charge in [-0.2, -0.15) is 0 Å². The van der Waals surface area contributed by atoms with E-state index >= 15 is 0 Å². The quantitative estimate of drug-likeness (QED) is 0.727. The summed E-state index contributed by atoms with van der Waals surface area (Å²) >= 11 is 0. The Hall–Kier alpha value is -3.48. The van der Waals surface area contributed by atoms with Crippen LogP contribution < -0.4 is 9.47 Å². The van der Waals surface area contributed by atoms with Crippen LogP contribution in [0.1, 0.15) is 10.5 Å². The summed E-state index contributed by atoms with van der Waals surface area (Å²) in [4.78, 5) is 32.4. The number of aromatic amines is 1. The Labute approximate surface area is 167 Å². The minimum atomic E-state index is -0.652. The van der Waals surface area contributed by atoms with E-state index in [4.69, 9.17) is 9.47 Å². The summed E-state index contributed by atoms with van der Waals surface area (Å²) in [5.41, 5.74) is 1.52. The summed E-state index contributed by atoms with van der Waals surface area (Å²) in [6.07, 6.45) is -0.652. The number of rotatable bonds is 2. The summed E-state index contributed by atoms with van der Waals surface area (Å²) in [5, 5.41) is 1.01. The molecule has 7 heteroatoms. The zero-order valence-corrected chi connectivity index (χ0v) is 15.8. The first-order chi connectivity index (χ1) is 14.2. The Bertz CT molecular complexity index is 1040. The van der Waals surface area contributed by atoms with Crippen LogP contribution in [0.3, 0.4) is 0 Å². The highest BCUT2D eigenvalue weighted by Crippen LogP contribution is 2.31. The summed E-state index contributed by atoms with van der Waals surface area (Å²) in [7, 11) is 0. The molecule has 1 unspecified atom stereocenters. The van der Waals surface area contributed by atoms with Crippen molar-refractivity contribution in [3.8, 4) is 11.5 Å². The largest absolute Gasteiger partial charge is 0.485 e. The van der Waals surface area contributed by atoms with Crippen molar-refractivity contribution in [2.24, 2.45) is 0 Å². The molecule has 3 aromatic rings. The standard InChI is InChI=1S/C22H21N3O4/c26-21(17-13-15-5-1-2-6-16(15)23-17)24-9-11-25(12-10-24)22(27)20-14-28-18-7-3-4-8-19(18)29-20/h1-8,13,20,23H,9-12,14H2. The lowest BCUT2D eigenvalue weighted by atomic mass is 10.2. The van der Waals surface area contributed by atoms with Gasteiger partial charge in [0, 0.05) is 37.1 Å². The Morgan fingerprint density at radius 1 is 0.897 bits per heavy atom. The maximum atomic E-state index is 12.8. The Morgan fingerprint density at radius 3 is 2.38 bits per heavy atom. The third-order valence-electron chi connectivity index (χ3n) is 5.42. The van der Waals surface area contributed by atoms with Crippen molar-refractivity contribution in [3.05, 3.63) is 60.3 Å². The van der Waals surface area contributed by atoms with Crippen LogP contribution in [-0.4, -0.2) is 65.5 Å². The van der Waals surface area contributed by atoms with E-state index in [9.17, 15) is 9.59 Å². The van der Waals surface area contributed by atoms with Gasteiger partial charge in [0.15, 0.2) is 11.5 Å². The molecule has 7 nitrogen and oxygen atoms in total. The molecular weight excluding hydrogens is 370 g/mol. The van der Waals surface area contributed by atoms with Gasteiger partial charge >= 0.3 is 0 Å². The Morgan fingerprint density at radius 2 is 1.59 bits per heavy atom. The molecule has 1 saturated heterocycles. The van der Waals surface area contributed by atoms with Gasteiger partial charge in [-0.05, 0) is 24.3 Å². The van der Waals surface area contributed by atoms with E-state index in [0.29, 0.717) is 43.4 Å². The SMILES string of the molecule is O=C(c1cc2ccccc2[nH]1)N1CCN(C(=O)C2COc3ccccc3O2)CC1. The van der Waals surface area contributed by atoms with Crippen LogP contribution in [0.5, 0.6) is 11.5 Å². The van der Waals surface area contributed by atoms with Crippen LogP contribution >= 0.6 is 0 Å². The lowest BCUT2D eigenvalue weighted by molar-refractivity contribution is -0.142. The average Bonchev–Trinajstić information content (AvgIpc) is 3.22. The van der Waals surface area contributed by atoms with Crippen molar-refractivity contribution in [3.63, 3.8) is 0 Å². The first kappa shape index (κ1) is 17.6. The summed E-state index contributed by atoms with van der Waals surface area (Å²) in [6, 6.07) is 17.0. The van der Waals surface area contributed by atoms with Gasteiger partial charge in [-0.15, -0.1) is 0 Å². The highest BCUT2D eigenvalue weighted by atomic mass is 16.6. The molecule has 1 fully saturated rings. The number of amides is 2. The second-order valence-electron chi connectivity index (χ2n) is 7.25. The van der Waals surface area contributed by atoms with E-state index in [1.807, 2.05) is 48.5 Å². The molecule has 2 amide bonds.